The summed E-state index contributed by atoms with van der Waals surface area (Å²) in [5.41, 5.74) is 35.9. The normalized spacial score (nSPS) is 24.1. The highest BCUT2D eigenvalue weighted by molar-refractivity contribution is 8.00. The Morgan fingerprint density at radius 3 is 1.42 bits per heavy atom. The largest absolute Gasteiger partial charge is 0.481 e. The molecule has 145 heavy (non-hydrogen) atoms. The van der Waals surface area contributed by atoms with E-state index in [9.17, 15) is 75.8 Å². The SMILES string of the molecule is CC(C)C[C@H]1NC(=O)[C@H](C)N(C)C(=O)C(CCC(N)=O)NC(=O)C(Cc2ccc(-c3ccccc3)cc2)NC(=O)[C@H](CCc2ccccc2)NC(=O)[C@H](Cc2cccc(C(F)(F)F)c2)NC(=O)[C@H](CC(=O)O)NC(=O)[C@H](CCC(N)=O)NC(=O)[C@H](CC2CCCCC2)NC(=O)CSC[C@@H](C(=O)N[C@@H](CCN)C(N)=O)NC(=O)C(CCCN)NC(=O)C(C(C)C)NC(=O)C(CC2CCCCC2)NC(=O)[C@H](CCN)NC1=O. The Hall–Kier alpha value is -13.2. The molecular formula is C100H144F3N21O20S. The first-order chi connectivity index (χ1) is 68.8. The molecule has 0 spiro atoms. The Bertz CT molecular complexity index is 5060. The fourth-order valence-electron chi connectivity index (χ4n) is 17.5. The first kappa shape index (κ1) is 119. The van der Waals surface area contributed by atoms with Crippen molar-refractivity contribution in [3.05, 3.63) is 131 Å². The zero-order valence-corrected chi connectivity index (χ0v) is 83.8. The Morgan fingerprint density at radius 1 is 0.455 bits per heavy atom. The Balaban J connectivity index is 1.37. The van der Waals surface area contributed by atoms with Crippen LogP contribution >= 0.6 is 11.8 Å². The van der Waals surface area contributed by atoms with Gasteiger partial charge in [0.15, 0.2) is 0 Å². The molecule has 41 nitrogen and oxygen atoms in total. The summed E-state index contributed by atoms with van der Waals surface area (Å²) >= 11 is 0.734. The second kappa shape index (κ2) is 59.9. The fraction of sp³-hybridized carbons (Fsp3) is 0.570. The minimum Gasteiger partial charge on any atom is -0.481 e. The van der Waals surface area contributed by atoms with E-state index in [0.717, 1.165) is 60.0 Å². The van der Waals surface area contributed by atoms with Crippen molar-refractivity contribution in [1.82, 2.24) is 79.3 Å². The number of thioether (sulfide) groups is 1. The summed E-state index contributed by atoms with van der Waals surface area (Å²) in [5.74, 6) is -23.3. The molecule has 7 rings (SSSR count). The number of hydrogen-bond acceptors (Lipinski definition) is 23. The third kappa shape index (κ3) is 40.4. The number of carbonyl (C=O) groups is 19. The molecule has 3 fully saturated rings. The predicted octanol–water partition coefficient (Wildman–Crippen LogP) is 0.742. The van der Waals surface area contributed by atoms with E-state index in [-0.39, 0.29) is 101 Å². The van der Waals surface area contributed by atoms with Gasteiger partial charge in [0.25, 0.3) is 0 Å². The van der Waals surface area contributed by atoms with Crippen LogP contribution in [0.4, 0.5) is 13.2 Å². The van der Waals surface area contributed by atoms with Gasteiger partial charge in [-0.1, -0.05) is 195 Å². The molecule has 4 aromatic carbocycles. The molecule has 2 saturated carbocycles. The molecule has 27 N–H and O–H groups in total. The number of carbonyl (C=O) groups excluding carboxylic acids is 18. The second-order valence-corrected chi connectivity index (χ2v) is 39.2. The Labute approximate surface area is 845 Å². The molecule has 0 radical (unpaired) electrons. The van der Waals surface area contributed by atoms with E-state index in [2.05, 4.69) is 74.4 Å². The quantitative estimate of drug-likeness (QED) is 0.0313. The average molecular weight is 2050 g/mol. The summed E-state index contributed by atoms with van der Waals surface area (Å²) in [4.78, 5) is 277. The van der Waals surface area contributed by atoms with Gasteiger partial charge < -0.3 is 119 Å². The predicted molar refractivity (Wildman–Crippen MR) is 533 cm³/mol. The molecule has 1 aliphatic heterocycles. The van der Waals surface area contributed by atoms with Crippen molar-refractivity contribution < 1.29 is 109 Å². The molecule has 0 aromatic heterocycles. The zero-order valence-electron chi connectivity index (χ0n) is 82.9. The highest BCUT2D eigenvalue weighted by Gasteiger charge is 2.43. The smallest absolute Gasteiger partial charge is 0.416 e. The number of aliphatic carboxylic acids is 1. The number of halogens is 3. The minimum atomic E-state index is -5.00. The summed E-state index contributed by atoms with van der Waals surface area (Å²) in [6.45, 7) is 7.53. The van der Waals surface area contributed by atoms with Crippen molar-refractivity contribution in [2.24, 2.45) is 58.1 Å². The van der Waals surface area contributed by atoms with E-state index in [4.69, 9.17) is 34.4 Å². The Morgan fingerprint density at radius 2 is 0.897 bits per heavy atom. The van der Waals surface area contributed by atoms with E-state index < -0.39 is 277 Å². The summed E-state index contributed by atoms with van der Waals surface area (Å²) in [7, 11) is 1.18. The van der Waals surface area contributed by atoms with Gasteiger partial charge in [-0.2, -0.15) is 13.2 Å². The van der Waals surface area contributed by atoms with Crippen LogP contribution in [-0.2, 0) is 117 Å². The van der Waals surface area contributed by atoms with Crippen LogP contribution in [-0.4, -0.2) is 251 Å². The summed E-state index contributed by atoms with van der Waals surface area (Å²) in [5, 5.41) is 46.8. The number of nitrogens with zero attached hydrogens (tertiary/aromatic N) is 1. The van der Waals surface area contributed by atoms with Gasteiger partial charge in [-0.25, -0.2) is 0 Å². The number of primary amides is 3. The highest BCUT2D eigenvalue weighted by Crippen LogP contribution is 2.32. The van der Waals surface area contributed by atoms with Crippen molar-refractivity contribution in [1.29, 1.82) is 0 Å². The van der Waals surface area contributed by atoms with Gasteiger partial charge in [0.05, 0.1) is 17.7 Å². The van der Waals surface area contributed by atoms with Crippen molar-refractivity contribution in [2.75, 3.05) is 38.2 Å². The van der Waals surface area contributed by atoms with E-state index in [1.54, 1.807) is 94.4 Å². The first-order valence-corrected chi connectivity index (χ1v) is 50.6. The number of benzene rings is 4. The van der Waals surface area contributed by atoms with Gasteiger partial charge in [-0.15, -0.1) is 11.8 Å². The number of rotatable bonds is 33. The molecule has 2 aliphatic carbocycles. The van der Waals surface area contributed by atoms with Crippen LogP contribution in [0.1, 0.15) is 205 Å². The number of carboxylic acids is 1. The van der Waals surface area contributed by atoms with Crippen LogP contribution in [0, 0.1) is 23.7 Å². The van der Waals surface area contributed by atoms with E-state index in [1.807, 2.05) is 18.2 Å². The molecule has 1 saturated heterocycles. The van der Waals surface area contributed by atoms with E-state index in [0.29, 0.717) is 67.3 Å². The maximum absolute atomic E-state index is 15.6. The first-order valence-electron chi connectivity index (χ1n) is 49.5. The third-order valence-corrected chi connectivity index (χ3v) is 26.8. The Kier molecular flexibility index (Phi) is 49.1. The van der Waals surface area contributed by atoms with Crippen molar-refractivity contribution in [3.8, 4) is 11.1 Å². The summed E-state index contributed by atoms with van der Waals surface area (Å²) in [6, 6.07) is 2.52. The number of likely N-dealkylation sites (N-methyl/N-ethyl adjacent to an activating group) is 1. The summed E-state index contributed by atoms with van der Waals surface area (Å²) in [6.07, 6.45) is -3.93. The van der Waals surface area contributed by atoms with Crippen molar-refractivity contribution >= 4 is 124 Å². The molecule has 3 aliphatic rings. The molecule has 5 unspecified atom stereocenters. The number of alkyl halides is 3. The summed E-state index contributed by atoms with van der Waals surface area (Å²) < 4.78 is 43.9. The van der Waals surface area contributed by atoms with Gasteiger partial charge >= 0.3 is 12.1 Å². The number of nitrogens with two attached hydrogens (primary N) is 6. The van der Waals surface area contributed by atoms with Crippen LogP contribution in [0.2, 0.25) is 0 Å². The molecule has 796 valence electrons. The standard InChI is InChI=1S/C100H144F3N21O20S/c1-56(2)47-73-91(136)114-71(43-46-106)90(135)119-76(50-61-25-15-9-16-26-61)96(141)123-84(57(3)4)98(143)115-68(31-20-44-104)87(132)122-79(97(142)111-67(42-45-105)85(109)130)54-145-55-82(127)110-74(49-60-23-13-8-14-24-60)92(137)113-70(38-40-80(107)125)89(134)121-78(53-83(128)129)95(140)120-77(52-63-27-19-30-66(48-63)100(101,102)103)93(138)112-69(37-34-59-21-11-7-12-22-59)88(133)118-75(51-62-32-35-65(36-33-62)64-28-17-10-18-29-64)94(139)116-72(39-41-81(108)126)99(144)124(6)58(5)86(131)117-73/h7,10-12,17-19,21-22,27-30,32-33,35-36,48,56-58,60-61,67-79,84H,8-9,13-16,20,23-26,31,34,37-47,49-55,104-106H2,1-6H3,(H2,107,125)(H2,108,126)(H2,109,130)(H,110,127)(H,111,142)(H,112,138)(H,113,137)(H,114,136)(H,115,143)(H,116,139)(H,117,131)(H,118,133)(H,119,135)(H,120,140)(H,121,134)(H,122,132)(H,123,141)(H,128,129)/t58-,67-,68?,69-,70-,71-,72?,73+,74-,75?,76?,77-,78-,79-,84?/m0/s1. The van der Waals surface area contributed by atoms with Gasteiger partial charge in [0, 0.05) is 38.5 Å². The van der Waals surface area contributed by atoms with Crippen molar-refractivity contribution in [3.63, 3.8) is 0 Å². The van der Waals surface area contributed by atoms with Gasteiger partial charge in [-0.05, 0) is 155 Å². The van der Waals surface area contributed by atoms with Gasteiger partial charge in [0.1, 0.15) is 90.6 Å². The van der Waals surface area contributed by atoms with Crippen molar-refractivity contribution in [2.45, 2.75) is 298 Å². The number of nitrogens with one attached hydrogen (secondary N) is 14. The van der Waals surface area contributed by atoms with Gasteiger partial charge in [-0.3, -0.25) is 91.1 Å². The molecule has 18 amide bonds. The lowest BCUT2D eigenvalue weighted by Gasteiger charge is -2.32. The lowest BCUT2D eigenvalue weighted by atomic mass is 9.84. The lowest BCUT2D eigenvalue weighted by Crippen LogP contribution is -2.61. The monoisotopic (exact) mass is 2050 g/mol. The molecule has 0 bridgehead atoms. The average Bonchev–Trinajstić information content (AvgIpc) is 0.830. The highest BCUT2D eigenvalue weighted by atomic mass is 32.2. The van der Waals surface area contributed by atoms with Crippen LogP contribution in [0.3, 0.4) is 0 Å². The number of amides is 18. The zero-order chi connectivity index (χ0) is 107. The third-order valence-electron chi connectivity index (χ3n) is 25.7. The number of hydrogen-bond donors (Lipinski definition) is 21. The number of aryl methyl sites for hydroxylation is 1. The fourth-order valence-corrected chi connectivity index (χ4v) is 18.3. The van der Waals surface area contributed by atoms with Crippen LogP contribution in [0.15, 0.2) is 109 Å². The maximum atomic E-state index is 15.6. The second-order valence-electron chi connectivity index (χ2n) is 38.1. The topological polar surface area (TPSA) is 672 Å². The molecule has 4 aromatic rings. The molecule has 45 heteroatoms. The number of carboxylic acid groups (broad SMARTS) is 1. The molecule has 15 atom stereocenters. The maximum Gasteiger partial charge on any atom is 0.416 e. The van der Waals surface area contributed by atoms with E-state index in [1.165, 1.54) is 14.0 Å². The molecule has 1 heterocycles. The molecular weight excluding hydrogens is 1900 g/mol. The lowest BCUT2D eigenvalue weighted by molar-refractivity contribution is -0.143. The van der Waals surface area contributed by atoms with Crippen LogP contribution < -0.4 is 109 Å². The van der Waals surface area contributed by atoms with Crippen LogP contribution in [0.25, 0.3) is 11.1 Å². The van der Waals surface area contributed by atoms with Crippen LogP contribution in [0.5, 0.6) is 0 Å². The van der Waals surface area contributed by atoms with E-state index >= 15 is 33.6 Å². The van der Waals surface area contributed by atoms with Gasteiger partial charge in [0.2, 0.25) is 106 Å². The minimum absolute atomic E-state index is 0.0322.